The molecule has 0 unspecified atom stereocenters. The van der Waals surface area contributed by atoms with Gasteiger partial charge in [0.05, 0.1) is 5.00 Å². The maximum atomic E-state index is 5.11. The number of anilines is 1. The maximum absolute atomic E-state index is 5.11. The fraction of sp³-hybridized carbons (Fsp3) is 0.500. The van der Waals surface area contributed by atoms with Crippen LogP contribution in [0.4, 0.5) is 5.00 Å². The van der Waals surface area contributed by atoms with Gasteiger partial charge in [-0.25, -0.2) is 0 Å². The van der Waals surface area contributed by atoms with Crippen LogP contribution in [0, 0.1) is 0 Å². The summed E-state index contributed by atoms with van der Waals surface area (Å²) in [4.78, 5) is 1.58. The Morgan fingerprint density at radius 1 is 1.14 bits per heavy atom. The van der Waals surface area contributed by atoms with Crippen LogP contribution >= 0.6 is 23.6 Å². The van der Waals surface area contributed by atoms with Crippen molar-refractivity contribution in [3.05, 3.63) is 16.0 Å². The maximum Gasteiger partial charge on any atom is 0.171 e. The van der Waals surface area contributed by atoms with E-state index in [1.165, 1.54) is 36.2 Å². The summed E-state index contributed by atoms with van der Waals surface area (Å²) in [5.41, 5.74) is 3.07. The summed E-state index contributed by atoms with van der Waals surface area (Å²) in [6, 6.07) is 0. The molecule has 14 heavy (non-hydrogen) atoms. The molecule has 1 aliphatic carbocycles. The lowest BCUT2D eigenvalue weighted by Crippen LogP contribution is -2.32. The molecule has 2 heterocycles. The van der Waals surface area contributed by atoms with Gasteiger partial charge < -0.3 is 10.6 Å². The van der Waals surface area contributed by atoms with Gasteiger partial charge in [-0.15, -0.1) is 11.3 Å². The van der Waals surface area contributed by atoms with Gasteiger partial charge in [-0.1, -0.05) is 0 Å². The van der Waals surface area contributed by atoms with Crippen molar-refractivity contribution in [1.29, 1.82) is 0 Å². The average Bonchev–Trinajstić information content (AvgIpc) is 2.54. The summed E-state index contributed by atoms with van der Waals surface area (Å²) >= 11 is 7.01. The quantitative estimate of drug-likeness (QED) is 0.662. The molecule has 1 aromatic heterocycles. The first-order valence-electron chi connectivity index (χ1n) is 5.03. The van der Waals surface area contributed by atoms with Gasteiger partial charge in [0, 0.05) is 17.0 Å². The molecule has 3 rings (SSSR count). The molecule has 2 aliphatic rings. The molecule has 0 bridgehead atoms. The minimum Gasteiger partial charge on any atom is -0.358 e. The van der Waals surface area contributed by atoms with Crippen LogP contribution in [0.3, 0.4) is 0 Å². The van der Waals surface area contributed by atoms with Gasteiger partial charge in [0.1, 0.15) is 0 Å². The highest BCUT2D eigenvalue weighted by Crippen LogP contribution is 2.39. The molecule has 2 nitrogen and oxygen atoms in total. The minimum absolute atomic E-state index is 0.774. The molecule has 0 radical (unpaired) electrons. The average molecular weight is 224 g/mol. The Balaban J connectivity index is 2.08. The number of rotatable bonds is 0. The van der Waals surface area contributed by atoms with E-state index in [2.05, 4.69) is 10.6 Å². The zero-order chi connectivity index (χ0) is 9.54. The first-order valence-corrected chi connectivity index (χ1v) is 6.25. The fourth-order valence-electron chi connectivity index (χ4n) is 2.24. The van der Waals surface area contributed by atoms with E-state index in [0.29, 0.717) is 0 Å². The van der Waals surface area contributed by atoms with Crippen LogP contribution in [0.1, 0.15) is 28.8 Å². The fourth-order valence-corrected chi connectivity index (χ4v) is 3.79. The second kappa shape index (κ2) is 3.21. The smallest absolute Gasteiger partial charge is 0.171 e. The number of nitrogens with one attached hydrogen (secondary N) is 2. The Morgan fingerprint density at radius 3 is 2.93 bits per heavy atom. The molecule has 1 aliphatic heterocycles. The van der Waals surface area contributed by atoms with Crippen LogP contribution in [0.5, 0.6) is 0 Å². The second-order valence-electron chi connectivity index (χ2n) is 3.83. The number of fused-ring (bicyclic) bond motifs is 3. The highest BCUT2D eigenvalue weighted by molar-refractivity contribution is 7.80. The number of hydrogen-bond acceptors (Lipinski definition) is 2. The molecule has 0 saturated heterocycles. The van der Waals surface area contributed by atoms with E-state index in [4.69, 9.17) is 12.2 Å². The van der Waals surface area contributed by atoms with E-state index in [-0.39, 0.29) is 0 Å². The number of thiocarbonyl (C=S) groups is 1. The monoisotopic (exact) mass is 224 g/mol. The lowest BCUT2D eigenvalue weighted by molar-refractivity contribution is 0.688. The van der Waals surface area contributed by atoms with Crippen molar-refractivity contribution in [3.8, 4) is 0 Å². The zero-order valence-corrected chi connectivity index (χ0v) is 9.49. The Labute approximate surface area is 92.7 Å². The summed E-state index contributed by atoms with van der Waals surface area (Å²) in [6.45, 7) is 0.924. The van der Waals surface area contributed by atoms with Crippen molar-refractivity contribution in [2.75, 3.05) is 5.32 Å². The largest absolute Gasteiger partial charge is 0.358 e. The lowest BCUT2D eigenvalue weighted by Gasteiger charge is -2.18. The standard InChI is InChI=1S/C10H12N2S2/c13-10-11-5-7-6-3-1-2-4-8(6)14-9(7)12-10/h1-5H2,(H2,11,12,13). The predicted molar refractivity (Wildman–Crippen MR) is 64.0 cm³/mol. The Kier molecular flexibility index (Phi) is 1.99. The summed E-state index contributed by atoms with van der Waals surface area (Å²) in [5, 5.41) is 8.52. The third-order valence-corrected chi connectivity index (χ3v) is 4.43. The summed E-state index contributed by atoms with van der Waals surface area (Å²) in [5.74, 6) is 0. The van der Waals surface area contributed by atoms with E-state index in [1.54, 1.807) is 10.4 Å². The zero-order valence-electron chi connectivity index (χ0n) is 7.85. The number of hydrogen-bond donors (Lipinski definition) is 2. The summed E-state index contributed by atoms with van der Waals surface area (Å²) in [7, 11) is 0. The van der Waals surface area contributed by atoms with Gasteiger partial charge in [0.15, 0.2) is 5.11 Å². The Hall–Kier alpha value is -0.610. The highest BCUT2D eigenvalue weighted by atomic mass is 32.1. The third kappa shape index (κ3) is 1.25. The summed E-state index contributed by atoms with van der Waals surface area (Å²) in [6.07, 6.45) is 5.23. The van der Waals surface area contributed by atoms with Gasteiger partial charge in [0.25, 0.3) is 0 Å². The van der Waals surface area contributed by atoms with Crippen LogP contribution in [0.2, 0.25) is 0 Å². The van der Waals surface area contributed by atoms with Crippen LogP contribution < -0.4 is 10.6 Å². The van der Waals surface area contributed by atoms with E-state index < -0.39 is 0 Å². The third-order valence-electron chi connectivity index (χ3n) is 2.93. The highest BCUT2D eigenvalue weighted by Gasteiger charge is 2.23. The van der Waals surface area contributed by atoms with Gasteiger partial charge in [-0.05, 0) is 43.5 Å². The molecule has 2 N–H and O–H groups in total. The van der Waals surface area contributed by atoms with Gasteiger partial charge in [-0.3, -0.25) is 0 Å². The van der Waals surface area contributed by atoms with Crippen molar-refractivity contribution in [3.63, 3.8) is 0 Å². The van der Waals surface area contributed by atoms with E-state index in [9.17, 15) is 0 Å². The SMILES string of the molecule is S=C1NCc2c(sc3c2CCCC3)N1. The molecule has 0 saturated carbocycles. The molecule has 0 fully saturated rings. The Bertz CT molecular complexity index is 395. The first-order chi connectivity index (χ1) is 6.84. The Morgan fingerprint density at radius 2 is 2.00 bits per heavy atom. The lowest BCUT2D eigenvalue weighted by atomic mass is 9.95. The van der Waals surface area contributed by atoms with Crippen molar-refractivity contribution >= 4 is 33.7 Å². The van der Waals surface area contributed by atoms with Crippen LogP contribution in [0.15, 0.2) is 0 Å². The molecular formula is C10H12N2S2. The molecule has 4 heteroatoms. The normalized spacial score (nSPS) is 19.3. The van der Waals surface area contributed by atoms with E-state index in [0.717, 1.165) is 11.7 Å². The van der Waals surface area contributed by atoms with Crippen molar-refractivity contribution in [2.45, 2.75) is 32.2 Å². The molecule has 0 aromatic carbocycles. The van der Waals surface area contributed by atoms with Gasteiger partial charge in [0.2, 0.25) is 0 Å². The minimum atomic E-state index is 0.774. The molecule has 0 amide bonds. The topological polar surface area (TPSA) is 24.1 Å². The molecule has 0 spiro atoms. The second-order valence-corrected chi connectivity index (χ2v) is 5.34. The molecule has 1 aromatic rings. The van der Waals surface area contributed by atoms with Crippen molar-refractivity contribution < 1.29 is 0 Å². The van der Waals surface area contributed by atoms with Gasteiger partial charge in [-0.2, -0.15) is 0 Å². The van der Waals surface area contributed by atoms with Crippen LogP contribution in [-0.4, -0.2) is 5.11 Å². The van der Waals surface area contributed by atoms with Crippen LogP contribution in [-0.2, 0) is 19.4 Å². The van der Waals surface area contributed by atoms with E-state index in [1.807, 2.05) is 11.3 Å². The first kappa shape index (κ1) is 8.68. The van der Waals surface area contributed by atoms with Crippen LogP contribution in [0.25, 0.3) is 0 Å². The molecular weight excluding hydrogens is 212 g/mol. The van der Waals surface area contributed by atoms with Gasteiger partial charge >= 0.3 is 0 Å². The molecule has 0 atom stereocenters. The number of aryl methyl sites for hydroxylation is 1. The van der Waals surface area contributed by atoms with E-state index >= 15 is 0 Å². The number of thiophene rings is 1. The molecule has 74 valence electrons. The predicted octanol–water partition coefficient (Wildman–Crippen LogP) is 2.43. The van der Waals surface area contributed by atoms with Crippen molar-refractivity contribution in [1.82, 2.24) is 5.32 Å². The van der Waals surface area contributed by atoms with Crippen molar-refractivity contribution in [2.24, 2.45) is 0 Å². The summed E-state index contributed by atoms with van der Waals surface area (Å²) < 4.78 is 0.